The van der Waals surface area contributed by atoms with Crippen molar-refractivity contribution in [3.63, 3.8) is 0 Å². The Morgan fingerprint density at radius 1 is 0.524 bits per heavy atom. The van der Waals surface area contributed by atoms with E-state index in [1.165, 1.54) is 0 Å². The molecule has 4 aromatic rings. The van der Waals surface area contributed by atoms with Crippen LogP contribution in [0.1, 0.15) is 28.7 Å². The van der Waals surface area contributed by atoms with E-state index in [0.717, 1.165) is 26.7 Å². The standard InChI is InChI=1S/C36H37BrO5/c1-27(37)22-32-33(38-23-28-14-6-2-7-15-28)34(39-24-29-16-8-3-9-17-29)35(40-25-30-18-10-4-11-19-30)36(42-32)41-26-31-20-12-5-13-21-31/h2-21,32-36H,1,22-26H2/t32-,33+,34+,35-,36+/m1/s1. The molecule has 0 radical (unpaired) electrons. The Hall–Kier alpha value is -3.10. The number of hydrogen-bond acceptors (Lipinski definition) is 5. The van der Waals surface area contributed by atoms with E-state index < -0.39 is 24.6 Å². The summed E-state index contributed by atoms with van der Waals surface area (Å²) in [6, 6.07) is 40.4. The van der Waals surface area contributed by atoms with E-state index in [0.29, 0.717) is 32.8 Å². The van der Waals surface area contributed by atoms with Crippen LogP contribution in [0.5, 0.6) is 0 Å². The van der Waals surface area contributed by atoms with Crippen LogP contribution in [0.4, 0.5) is 0 Å². The van der Waals surface area contributed by atoms with Gasteiger partial charge in [0.25, 0.3) is 0 Å². The van der Waals surface area contributed by atoms with Crippen molar-refractivity contribution in [2.75, 3.05) is 0 Å². The molecule has 4 aromatic carbocycles. The van der Waals surface area contributed by atoms with Crippen LogP contribution in [0.25, 0.3) is 0 Å². The molecule has 42 heavy (non-hydrogen) atoms. The first-order valence-corrected chi connectivity index (χ1v) is 15.1. The van der Waals surface area contributed by atoms with Gasteiger partial charge in [0.1, 0.15) is 18.3 Å². The third kappa shape index (κ3) is 8.95. The summed E-state index contributed by atoms with van der Waals surface area (Å²) in [5, 5.41) is 0. The number of benzene rings is 4. The van der Waals surface area contributed by atoms with E-state index in [1.807, 2.05) is 97.1 Å². The third-order valence-electron chi connectivity index (χ3n) is 7.13. The summed E-state index contributed by atoms with van der Waals surface area (Å²) in [7, 11) is 0. The Morgan fingerprint density at radius 3 is 1.29 bits per heavy atom. The van der Waals surface area contributed by atoms with E-state index in [2.05, 4.69) is 46.8 Å². The van der Waals surface area contributed by atoms with E-state index in [4.69, 9.17) is 23.7 Å². The Balaban J connectivity index is 1.45. The van der Waals surface area contributed by atoms with Crippen molar-refractivity contribution in [2.45, 2.75) is 63.6 Å². The molecule has 0 N–H and O–H groups in total. The number of halogens is 1. The van der Waals surface area contributed by atoms with Crippen molar-refractivity contribution in [1.82, 2.24) is 0 Å². The Kier molecular flexibility index (Phi) is 11.5. The van der Waals surface area contributed by atoms with Gasteiger partial charge in [-0.05, 0) is 26.7 Å². The molecule has 0 saturated carbocycles. The molecular formula is C36H37BrO5. The smallest absolute Gasteiger partial charge is 0.187 e. The van der Waals surface area contributed by atoms with Crippen molar-refractivity contribution in [3.05, 3.63) is 155 Å². The molecule has 218 valence electrons. The maximum absolute atomic E-state index is 6.71. The van der Waals surface area contributed by atoms with Crippen LogP contribution in [0.15, 0.2) is 132 Å². The van der Waals surface area contributed by atoms with Gasteiger partial charge in [-0.1, -0.05) is 144 Å². The minimum Gasteiger partial charge on any atom is -0.368 e. The Morgan fingerprint density at radius 2 is 0.881 bits per heavy atom. The zero-order valence-electron chi connectivity index (χ0n) is 23.6. The van der Waals surface area contributed by atoms with Gasteiger partial charge in [-0.15, -0.1) is 0 Å². The molecule has 0 bridgehead atoms. The molecule has 0 unspecified atom stereocenters. The monoisotopic (exact) mass is 628 g/mol. The third-order valence-corrected chi connectivity index (χ3v) is 7.45. The molecule has 0 aromatic heterocycles. The largest absolute Gasteiger partial charge is 0.368 e. The Bertz CT molecular complexity index is 1340. The Labute approximate surface area is 257 Å². The molecule has 1 saturated heterocycles. The van der Waals surface area contributed by atoms with Crippen LogP contribution >= 0.6 is 15.9 Å². The average Bonchev–Trinajstić information content (AvgIpc) is 3.03. The van der Waals surface area contributed by atoms with Crippen LogP contribution < -0.4 is 0 Å². The summed E-state index contributed by atoms with van der Waals surface area (Å²) in [6.07, 6.45) is -2.02. The fourth-order valence-corrected chi connectivity index (χ4v) is 5.33. The van der Waals surface area contributed by atoms with E-state index in [-0.39, 0.29) is 6.10 Å². The van der Waals surface area contributed by atoms with Crippen molar-refractivity contribution < 1.29 is 23.7 Å². The molecule has 1 aliphatic rings. The first kappa shape index (κ1) is 30.4. The van der Waals surface area contributed by atoms with Crippen LogP contribution in [0, 0.1) is 0 Å². The quantitative estimate of drug-likeness (QED) is 0.142. The second-order valence-corrected chi connectivity index (χ2v) is 11.5. The van der Waals surface area contributed by atoms with Gasteiger partial charge in [0.15, 0.2) is 6.29 Å². The summed E-state index contributed by atoms with van der Waals surface area (Å²) in [5.74, 6) is 0. The summed E-state index contributed by atoms with van der Waals surface area (Å²) >= 11 is 3.56. The zero-order valence-corrected chi connectivity index (χ0v) is 25.2. The number of ether oxygens (including phenoxy) is 5. The molecule has 1 fully saturated rings. The summed E-state index contributed by atoms with van der Waals surface area (Å²) < 4.78 is 33.9. The normalized spacial score (nSPS) is 22.1. The van der Waals surface area contributed by atoms with E-state index in [9.17, 15) is 0 Å². The first-order chi connectivity index (χ1) is 20.7. The lowest BCUT2D eigenvalue weighted by molar-refractivity contribution is -0.325. The second-order valence-electron chi connectivity index (χ2n) is 10.3. The molecule has 1 aliphatic heterocycles. The molecule has 1 heterocycles. The fourth-order valence-electron chi connectivity index (χ4n) is 5.02. The van der Waals surface area contributed by atoms with Gasteiger partial charge in [0.2, 0.25) is 0 Å². The van der Waals surface area contributed by atoms with Crippen molar-refractivity contribution >= 4 is 15.9 Å². The summed E-state index contributed by atoms with van der Waals surface area (Å²) in [4.78, 5) is 0. The lowest BCUT2D eigenvalue weighted by atomic mass is 9.95. The second kappa shape index (κ2) is 15.9. The fraction of sp³-hybridized carbons (Fsp3) is 0.278. The lowest BCUT2D eigenvalue weighted by Crippen LogP contribution is -2.60. The van der Waals surface area contributed by atoms with Crippen molar-refractivity contribution in [3.8, 4) is 0 Å². The molecule has 5 atom stereocenters. The van der Waals surface area contributed by atoms with E-state index >= 15 is 0 Å². The van der Waals surface area contributed by atoms with Crippen LogP contribution in [0.3, 0.4) is 0 Å². The molecule has 6 heteroatoms. The maximum atomic E-state index is 6.71. The van der Waals surface area contributed by atoms with Gasteiger partial charge in [0, 0.05) is 6.42 Å². The van der Waals surface area contributed by atoms with Crippen LogP contribution in [0.2, 0.25) is 0 Å². The molecule has 5 nitrogen and oxygen atoms in total. The van der Waals surface area contributed by atoms with Gasteiger partial charge in [0.05, 0.1) is 32.5 Å². The maximum Gasteiger partial charge on any atom is 0.187 e. The van der Waals surface area contributed by atoms with Crippen LogP contribution in [-0.4, -0.2) is 30.7 Å². The first-order valence-electron chi connectivity index (χ1n) is 14.3. The predicted octanol–water partition coefficient (Wildman–Crippen LogP) is 7.98. The van der Waals surface area contributed by atoms with Gasteiger partial charge < -0.3 is 23.7 Å². The predicted molar refractivity (Wildman–Crippen MR) is 168 cm³/mol. The summed E-state index contributed by atoms with van der Waals surface area (Å²) in [6.45, 7) is 5.67. The highest BCUT2D eigenvalue weighted by Gasteiger charge is 2.49. The van der Waals surface area contributed by atoms with Crippen LogP contribution in [-0.2, 0) is 50.1 Å². The lowest BCUT2D eigenvalue weighted by Gasteiger charge is -2.46. The molecule has 5 rings (SSSR count). The van der Waals surface area contributed by atoms with Crippen molar-refractivity contribution in [2.24, 2.45) is 0 Å². The molecule has 0 spiro atoms. The van der Waals surface area contributed by atoms with Gasteiger partial charge in [-0.25, -0.2) is 0 Å². The highest BCUT2D eigenvalue weighted by Crippen LogP contribution is 2.34. The molecular weight excluding hydrogens is 592 g/mol. The summed E-state index contributed by atoms with van der Waals surface area (Å²) in [5.41, 5.74) is 4.24. The molecule has 0 aliphatic carbocycles. The van der Waals surface area contributed by atoms with Gasteiger partial charge in [-0.2, -0.15) is 0 Å². The highest BCUT2D eigenvalue weighted by molar-refractivity contribution is 9.11. The number of hydrogen-bond donors (Lipinski definition) is 0. The van der Waals surface area contributed by atoms with Gasteiger partial charge >= 0.3 is 0 Å². The zero-order chi connectivity index (χ0) is 29.0. The van der Waals surface area contributed by atoms with E-state index in [1.54, 1.807) is 0 Å². The average molecular weight is 630 g/mol. The van der Waals surface area contributed by atoms with Crippen molar-refractivity contribution in [1.29, 1.82) is 0 Å². The topological polar surface area (TPSA) is 46.2 Å². The number of rotatable bonds is 14. The minimum absolute atomic E-state index is 0.375. The minimum atomic E-state index is -0.692. The highest BCUT2D eigenvalue weighted by atomic mass is 79.9. The van der Waals surface area contributed by atoms with Gasteiger partial charge in [-0.3, -0.25) is 0 Å². The SMILES string of the molecule is C=C(Br)C[C@H]1O[C@H](OCc2ccccc2)[C@H](OCc2ccccc2)[C@@H](OCc2ccccc2)[C@H]1OCc1ccccc1. The molecule has 0 amide bonds.